The Hall–Kier alpha value is -0.730. The van der Waals surface area contributed by atoms with Crippen molar-refractivity contribution in [3.63, 3.8) is 0 Å². The molecule has 2 aliphatic heterocycles. The molecule has 62 valence electrons. The lowest BCUT2D eigenvalue weighted by Gasteiger charge is -2.25. The molecule has 3 nitrogen and oxygen atoms in total. The molecule has 1 atom stereocenters. The van der Waals surface area contributed by atoms with Crippen LogP contribution in [0.3, 0.4) is 0 Å². The average Bonchev–Trinajstić information content (AvgIpc) is 2.35. The van der Waals surface area contributed by atoms with Crippen molar-refractivity contribution in [2.45, 2.75) is 38.3 Å². The van der Waals surface area contributed by atoms with Crippen LogP contribution >= 0.6 is 0 Å². The van der Waals surface area contributed by atoms with Crippen LogP contribution in [-0.4, -0.2) is 23.9 Å². The first-order valence-corrected chi connectivity index (χ1v) is 4.51. The Bertz CT molecular complexity index is 155. The minimum Gasteiger partial charge on any atom is -0.340 e. The summed E-state index contributed by atoms with van der Waals surface area (Å²) in [6.45, 7) is 1.18. The van der Waals surface area contributed by atoms with Crippen molar-refractivity contribution in [1.82, 2.24) is 10.3 Å². The van der Waals surface area contributed by atoms with E-state index in [0.717, 1.165) is 0 Å². The third-order valence-electron chi connectivity index (χ3n) is 2.47. The van der Waals surface area contributed by atoms with E-state index in [1.165, 1.54) is 38.6 Å². The van der Waals surface area contributed by atoms with Crippen molar-refractivity contribution in [2.24, 2.45) is 5.10 Å². The summed E-state index contributed by atoms with van der Waals surface area (Å²) in [5.74, 6) is 0. The summed E-state index contributed by atoms with van der Waals surface area (Å²) >= 11 is 0. The molecular weight excluding hydrogens is 138 g/mol. The molecule has 0 aromatic heterocycles. The van der Waals surface area contributed by atoms with Crippen LogP contribution in [0.2, 0.25) is 0 Å². The zero-order valence-electron chi connectivity index (χ0n) is 6.79. The number of fused-ring (bicyclic) bond motifs is 1. The second-order valence-electron chi connectivity index (χ2n) is 3.33. The van der Waals surface area contributed by atoms with Crippen molar-refractivity contribution in [1.29, 1.82) is 0 Å². The van der Waals surface area contributed by atoms with Crippen molar-refractivity contribution >= 4 is 6.34 Å². The topological polar surface area (TPSA) is 27.6 Å². The molecule has 0 spiro atoms. The van der Waals surface area contributed by atoms with Gasteiger partial charge >= 0.3 is 0 Å². The molecule has 0 bridgehead atoms. The van der Waals surface area contributed by atoms with Crippen molar-refractivity contribution in [3.05, 3.63) is 0 Å². The van der Waals surface area contributed by atoms with Gasteiger partial charge in [-0.3, -0.25) is 5.43 Å². The van der Waals surface area contributed by atoms with Crippen molar-refractivity contribution in [3.8, 4) is 0 Å². The van der Waals surface area contributed by atoms with Crippen molar-refractivity contribution < 1.29 is 0 Å². The van der Waals surface area contributed by atoms with Crippen LogP contribution in [0.25, 0.3) is 0 Å². The molecule has 0 radical (unpaired) electrons. The Balaban J connectivity index is 1.93. The maximum Gasteiger partial charge on any atom is 0.116 e. The van der Waals surface area contributed by atoms with E-state index < -0.39 is 0 Å². The second kappa shape index (κ2) is 3.11. The van der Waals surface area contributed by atoms with Crippen molar-refractivity contribution in [2.75, 3.05) is 6.54 Å². The standard InChI is InChI=1S/C8H15N3/c1-2-4-6-11-7-9-10-8(11)5-3-1/h7-8,10H,1-6H2. The van der Waals surface area contributed by atoms with E-state index in [-0.39, 0.29) is 0 Å². The zero-order valence-corrected chi connectivity index (χ0v) is 6.79. The van der Waals surface area contributed by atoms with Gasteiger partial charge in [0.25, 0.3) is 0 Å². The number of nitrogens with zero attached hydrogens (tertiary/aromatic N) is 2. The monoisotopic (exact) mass is 153 g/mol. The number of hydrogen-bond donors (Lipinski definition) is 1. The van der Waals surface area contributed by atoms with E-state index in [4.69, 9.17) is 0 Å². The maximum atomic E-state index is 4.06. The molecule has 0 aliphatic carbocycles. The molecule has 2 rings (SSSR count). The molecule has 2 aliphatic rings. The SMILES string of the molecule is C1=NNC2CCCCCCN12. The Morgan fingerprint density at radius 3 is 3.18 bits per heavy atom. The van der Waals surface area contributed by atoms with Gasteiger partial charge in [0.05, 0.1) is 0 Å². The van der Waals surface area contributed by atoms with Crippen LogP contribution in [-0.2, 0) is 0 Å². The van der Waals surface area contributed by atoms with Gasteiger partial charge in [0.2, 0.25) is 0 Å². The van der Waals surface area contributed by atoms with E-state index in [0.29, 0.717) is 6.17 Å². The van der Waals surface area contributed by atoms with E-state index in [2.05, 4.69) is 15.4 Å². The lowest BCUT2D eigenvalue weighted by Crippen LogP contribution is -2.38. The molecule has 0 aromatic rings. The predicted molar refractivity (Wildman–Crippen MR) is 45.2 cm³/mol. The Morgan fingerprint density at radius 1 is 1.27 bits per heavy atom. The van der Waals surface area contributed by atoms with E-state index >= 15 is 0 Å². The summed E-state index contributed by atoms with van der Waals surface area (Å²) in [5, 5.41) is 4.06. The van der Waals surface area contributed by atoms with Gasteiger partial charge in [0.1, 0.15) is 12.5 Å². The van der Waals surface area contributed by atoms with Gasteiger partial charge in [-0.25, -0.2) is 0 Å². The smallest absolute Gasteiger partial charge is 0.116 e. The summed E-state index contributed by atoms with van der Waals surface area (Å²) < 4.78 is 0. The zero-order chi connectivity index (χ0) is 7.52. The quantitative estimate of drug-likeness (QED) is 0.565. The summed E-state index contributed by atoms with van der Waals surface area (Å²) in [5.41, 5.74) is 3.12. The van der Waals surface area contributed by atoms with E-state index in [1.807, 2.05) is 6.34 Å². The van der Waals surface area contributed by atoms with Gasteiger partial charge in [0, 0.05) is 6.54 Å². The summed E-state index contributed by atoms with van der Waals surface area (Å²) in [4.78, 5) is 2.32. The summed E-state index contributed by atoms with van der Waals surface area (Å²) in [6, 6.07) is 0. The van der Waals surface area contributed by atoms with E-state index in [1.54, 1.807) is 0 Å². The Morgan fingerprint density at radius 2 is 2.18 bits per heavy atom. The fraction of sp³-hybridized carbons (Fsp3) is 0.875. The van der Waals surface area contributed by atoms with Gasteiger partial charge in [-0.2, -0.15) is 5.10 Å². The molecule has 1 fully saturated rings. The maximum absolute atomic E-state index is 4.06. The van der Waals surface area contributed by atoms with Crippen LogP contribution in [0.5, 0.6) is 0 Å². The number of hydrogen-bond acceptors (Lipinski definition) is 3. The molecule has 0 saturated carbocycles. The molecule has 1 unspecified atom stereocenters. The summed E-state index contributed by atoms with van der Waals surface area (Å²) in [7, 11) is 0. The average molecular weight is 153 g/mol. The first-order chi connectivity index (χ1) is 5.47. The van der Waals surface area contributed by atoms with Gasteiger partial charge in [-0.1, -0.05) is 12.8 Å². The van der Waals surface area contributed by atoms with Crippen LogP contribution in [0.15, 0.2) is 5.10 Å². The van der Waals surface area contributed by atoms with Gasteiger partial charge in [0.15, 0.2) is 0 Å². The molecule has 1 N–H and O–H groups in total. The van der Waals surface area contributed by atoms with Crippen LogP contribution in [0.1, 0.15) is 32.1 Å². The second-order valence-corrected chi connectivity index (χ2v) is 3.33. The fourth-order valence-electron chi connectivity index (χ4n) is 1.78. The third-order valence-corrected chi connectivity index (χ3v) is 2.47. The number of nitrogens with one attached hydrogen (secondary N) is 1. The largest absolute Gasteiger partial charge is 0.340 e. The van der Waals surface area contributed by atoms with Crippen LogP contribution < -0.4 is 5.43 Å². The number of hydrazone groups is 1. The molecule has 11 heavy (non-hydrogen) atoms. The highest BCUT2D eigenvalue weighted by Crippen LogP contribution is 2.15. The minimum atomic E-state index is 0.510. The highest BCUT2D eigenvalue weighted by Gasteiger charge is 2.19. The molecule has 2 heterocycles. The molecule has 0 amide bonds. The molecular formula is C8H15N3. The normalized spacial score (nSPS) is 30.5. The first kappa shape index (κ1) is 6.95. The van der Waals surface area contributed by atoms with Crippen LogP contribution in [0, 0.1) is 0 Å². The highest BCUT2D eigenvalue weighted by molar-refractivity contribution is 5.56. The lowest BCUT2D eigenvalue weighted by atomic mass is 10.1. The molecule has 0 aromatic carbocycles. The Kier molecular flexibility index (Phi) is 1.97. The van der Waals surface area contributed by atoms with Crippen LogP contribution in [0.4, 0.5) is 0 Å². The Labute approximate surface area is 67.5 Å². The number of rotatable bonds is 0. The predicted octanol–water partition coefficient (Wildman–Crippen LogP) is 1.13. The molecule has 1 saturated heterocycles. The summed E-state index contributed by atoms with van der Waals surface area (Å²) in [6.07, 6.45) is 9.15. The minimum absolute atomic E-state index is 0.510. The third kappa shape index (κ3) is 1.47. The molecule has 3 heteroatoms. The first-order valence-electron chi connectivity index (χ1n) is 4.51. The lowest BCUT2D eigenvalue weighted by molar-refractivity contribution is 0.260. The van der Waals surface area contributed by atoms with Gasteiger partial charge in [-0.05, 0) is 19.3 Å². The van der Waals surface area contributed by atoms with Gasteiger partial charge in [-0.15, -0.1) is 0 Å². The van der Waals surface area contributed by atoms with Gasteiger partial charge < -0.3 is 4.90 Å². The highest BCUT2D eigenvalue weighted by atomic mass is 15.5. The van der Waals surface area contributed by atoms with E-state index in [9.17, 15) is 0 Å². The fourth-order valence-corrected chi connectivity index (χ4v) is 1.78.